The molecule has 10 heavy (non-hydrogen) atoms. The molecule has 3 nitrogen and oxygen atoms in total. The Kier molecular flexibility index (Phi) is 3.72. The van der Waals surface area contributed by atoms with E-state index < -0.39 is 12.0 Å². The van der Waals surface area contributed by atoms with Crippen LogP contribution in [0.4, 0.5) is 0 Å². The van der Waals surface area contributed by atoms with Gasteiger partial charge in [0.2, 0.25) is 0 Å². The normalized spacial score (nSPS) is 12.8. The summed E-state index contributed by atoms with van der Waals surface area (Å²) < 4.78 is 0. The van der Waals surface area contributed by atoms with Crippen molar-refractivity contribution in [1.82, 2.24) is 5.32 Å². The van der Waals surface area contributed by atoms with Gasteiger partial charge in [-0.15, -0.1) is 0 Å². The van der Waals surface area contributed by atoms with Crippen LogP contribution in [0, 0.1) is 0 Å². The van der Waals surface area contributed by atoms with Crippen LogP contribution in [0.3, 0.4) is 0 Å². The molecule has 0 saturated heterocycles. The highest BCUT2D eigenvalue weighted by atomic mass is 16.3. The standard InChI is InChI=1S/C7H13NO2/c1-4-6(9)7(10)8-5(2)3/h4-6,9H,1H2,2-3H3,(H,8,10)/t6-/m1/s1. The molecule has 1 atom stereocenters. The average molecular weight is 143 g/mol. The summed E-state index contributed by atoms with van der Waals surface area (Å²) in [5, 5.41) is 11.4. The fourth-order valence-electron chi connectivity index (χ4n) is 0.477. The molecule has 0 bridgehead atoms. The molecule has 3 heteroatoms. The van der Waals surface area contributed by atoms with Crippen LogP contribution in [0.1, 0.15) is 13.8 Å². The van der Waals surface area contributed by atoms with E-state index in [-0.39, 0.29) is 6.04 Å². The molecule has 58 valence electrons. The van der Waals surface area contributed by atoms with Crippen molar-refractivity contribution < 1.29 is 9.90 Å². The molecule has 0 aromatic heterocycles. The Morgan fingerprint density at radius 3 is 2.50 bits per heavy atom. The molecule has 2 N–H and O–H groups in total. The van der Waals surface area contributed by atoms with Gasteiger partial charge < -0.3 is 10.4 Å². The first kappa shape index (κ1) is 9.17. The molecular weight excluding hydrogens is 130 g/mol. The van der Waals surface area contributed by atoms with Crippen molar-refractivity contribution in [1.29, 1.82) is 0 Å². The van der Waals surface area contributed by atoms with Crippen molar-refractivity contribution in [2.45, 2.75) is 26.0 Å². The molecule has 0 spiro atoms. The zero-order valence-electron chi connectivity index (χ0n) is 6.29. The van der Waals surface area contributed by atoms with E-state index in [4.69, 9.17) is 5.11 Å². The molecule has 0 aliphatic heterocycles. The highest BCUT2D eigenvalue weighted by Crippen LogP contribution is 1.85. The van der Waals surface area contributed by atoms with Crippen LogP contribution in [0.15, 0.2) is 12.7 Å². The third-order valence-electron chi connectivity index (χ3n) is 0.923. The maximum Gasteiger partial charge on any atom is 0.253 e. The summed E-state index contributed by atoms with van der Waals surface area (Å²) in [5.41, 5.74) is 0. The second-order valence-corrected chi connectivity index (χ2v) is 2.34. The topological polar surface area (TPSA) is 49.3 Å². The number of rotatable bonds is 3. The highest BCUT2D eigenvalue weighted by Gasteiger charge is 2.10. The van der Waals surface area contributed by atoms with E-state index in [9.17, 15) is 4.79 Å². The van der Waals surface area contributed by atoms with E-state index in [2.05, 4.69) is 11.9 Å². The molecule has 0 aromatic rings. The summed E-state index contributed by atoms with van der Waals surface area (Å²) in [7, 11) is 0. The molecule has 0 heterocycles. The number of carbonyl (C=O) groups excluding carboxylic acids is 1. The third kappa shape index (κ3) is 3.25. The Hall–Kier alpha value is -0.830. The molecule has 0 rings (SSSR count). The van der Waals surface area contributed by atoms with Crippen LogP contribution in [-0.2, 0) is 4.79 Å². The molecule has 0 radical (unpaired) electrons. The molecule has 0 unspecified atom stereocenters. The Labute approximate surface area is 60.7 Å². The predicted molar refractivity (Wildman–Crippen MR) is 39.5 cm³/mol. The summed E-state index contributed by atoms with van der Waals surface area (Å²) in [6.45, 7) is 6.93. The first-order chi connectivity index (χ1) is 4.57. The van der Waals surface area contributed by atoms with Gasteiger partial charge in [0, 0.05) is 6.04 Å². The lowest BCUT2D eigenvalue weighted by molar-refractivity contribution is -0.127. The first-order valence-corrected chi connectivity index (χ1v) is 3.19. The summed E-state index contributed by atoms with van der Waals surface area (Å²) >= 11 is 0. The Morgan fingerprint density at radius 1 is 1.70 bits per heavy atom. The third-order valence-corrected chi connectivity index (χ3v) is 0.923. The number of amides is 1. The molecule has 0 fully saturated rings. The number of hydrogen-bond donors (Lipinski definition) is 2. The van der Waals surface area contributed by atoms with E-state index in [0.29, 0.717) is 0 Å². The zero-order chi connectivity index (χ0) is 8.15. The van der Waals surface area contributed by atoms with Crippen molar-refractivity contribution >= 4 is 5.91 Å². The fourth-order valence-corrected chi connectivity index (χ4v) is 0.477. The van der Waals surface area contributed by atoms with Crippen LogP contribution >= 0.6 is 0 Å². The fraction of sp³-hybridized carbons (Fsp3) is 0.571. The summed E-state index contributed by atoms with van der Waals surface area (Å²) in [6.07, 6.45) is 0.111. The summed E-state index contributed by atoms with van der Waals surface area (Å²) in [5.74, 6) is -0.398. The minimum absolute atomic E-state index is 0.0575. The van der Waals surface area contributed by atoms with Crippen LogP contribution < -0.4 is 5.32 Å². The molecule has 0 aliphatic carbocycles. The van der Waals surface area contributed by atoms with E-state index in [1.165, 1.54) is 6.08 Å². The minimum Gasteiger partial charge on any atom is -0.379 e. The van der Waals surface area contributed by atoms with Crippen molar-refractivity contribution in [2.75, 3.05) is 0 Å². The summed E-state index contributed by atoms with van der Waals surface area (Å²) in [6, 6.07) is 0.0575. The molecule has 0 saturated carbocycles. The van der Waals surface area contributed by atoms with E-state index in [1.54, 1.807) is 0 Å². The largest absolute Gasteiger partial charge is 0.379 e. The smallest absolute Gasteiger partial charge is 0.253 e. The van der Waals surface area contributed by atoms with Gasteiger partial charge in [-0.1, -0.05) is 12.7 Å². The second kappa shape index (κ2) is 4.06. The molecule has 0 aromatic carbocycles. The molecular formula is C7H13NO2. The van der Waals surface area contributed by atoms with Gasteiger partial charge >= 0.3 is 0 Å². The maximum atomic E-state index is 10.8. The lowest BCUT2D eigenvalue weighted by atomic mass is 10.3. The number of nitrogens with one attached hydrogen (secondary N) is 1. The van der Waals surface area contributed by atoms with Gasteiger partial charge in [0.15, 0.2) is 6.10 Å². The van der Waals surface area contributed by atoms with E-state index in [1.807, 2.05) is 13.8 Å². The highest BCUT2D eigenvalue weighted by molar-refractivity contribution is 5.82. The second-order valence-electron chi connectivity index (χ2n) is 2.34. The average Bonchev–Trinajstić information content (AvgIpc) is 1.85. The predicted octanol–water partition coefficient (Wildman–Crippen LogP) is 0.0579. The van der Waals surface area contributed by atoms with Gasteiger partial charge in [0.1, 0.15) is 0 Å². The Bertz CT molecular complexity index is 132. The minimum atomic E-state index is -1.08. The lowest BCUT2D eigenvalue weighted by Crippen LogP contribution is -2.37. The Balaban J connectivity index is 3.73. The van der Waals surface area contributed by atoms with Gasteiger partial charge in [-0.3, -0.25) is 4.79 Å². The van der Waals surface area contributed by atoms with Crippen molar-refractivity contribution in [3.8, 4) is 0 Å². The zero-order valence-corrected chi connectivity index (χ0v) is 6.29. The van der Waals surface area contributed by atoms with E-state index >= 15 is 0 Å². The van der Waals surface area contributed by atoms with Crippen LogP contribution in [0.25, 0.3) is 0 Å². The Morgan fingerprint density at radius 2 is 2.20 bits per heavy atom. The molecule has 0 aliphatic rings. The van der Waals surface area contributed by atoms with Gasteiger partial charge in [-0.05, 0) is 13.8 Å². The quantitative estimate of drug-likeness (QED) is 0.549. The summed E-state index contributed by atoms with van der Waals surface area (Å²) in [4.78, 5) is 10.8. The number of carbonyl (C=O) groups is 1. The van der Waals surface area contributed by atoms with Gasteiger partial charge in [-0.2, -0.15) is 0 Å². The van der Waals surface area contributed by atoms with Crippen molar-refractivity contribution in [3.63, 3.8) is 0 Å². The number of aliphatic hydroxyl groups is 1. The van der Waals surface area contributed by atoms with Crippen molar-refractivity contribution in [2.24, 2.45) is 0 Å². The number of aliphatic hydroxyl groups excluding tert-OH is 1. The van der Waals surface area contributed by atoms with E-state index in [0.717, 1.165) is 0 Å². The number of hydrogen-bond acceptors (Lipinski definition) is 2. The van der Waals surface area contributed by atoms with Gasteiger partial charge in [0.25, 0.3) is 5.91 Å². The van der Waals surface area contributed by atoms with Gasteiger partial charge in [-0.25, -0.2) is 0 Å². The lowest BCUT2D eigenvalue weighted by Gasteiger charge is -2.09. The van der Waals surface area contributed by atoms with Crippen molar-refractivity contribution in [3.05, 3.63) is 12.7 Å². The first-order valence-electron chi connectivity index (χ1n) is 3.19. The van der Waals surface area contributed by atoms with Crippen LogP contribution in [0.2, 0.25) is 0 Å². The van der Waals surface area contributed by atoms with Crippen LogP contribution in [0.5, 0.6) is 0 Å². The molecule has 1 amide bonds. The monoisotopic (exact) mass is 143 g/mol. The van der Waals surface area contributed by atoms with Crippen LogP contribution in [-0.4, -0.2) is 23.2 Å². The SMILES string of the molecule is C=C[C@@H](O)C(=O)NC(C)C. The van der Waals surface area contributed by atoms with Gasteiger partial charge in [0.05, 0.1) is 0 Å². The maximum absolute atomic E-state index is 10.8.